The molecule has 1 aliphatic rings. The number of methoxy groups -OCH3 is 1. The largest absolute Gasteiger partial charge is 0.488 e. The third kappa shape index (κ3) is 7.13. The lowest BCUT2D eigenvalue weighted by Crippen LogP contribution is -2.36. The van der Waals surface area contributed by atoms with Crippen LogP contribution in [0, 0.1) is 0 Å². The van der Waals surface area contributed by atoms with E-state index in [0.717, 1.165) is 10.5 Å². The molecular formula is C27H19Cl3N2O6S. The minimum atomic E-state index is -0.677. The quantitative estimate of drug-likeness (QED) is 0.226. The highest BCUT2D eigenvalue weighted by atomic mass is 35.5. The lowest BCUT2D eigenvalue weighted by Gasteiger charge is -2.13. The Balaban J connectivity index is 1.47. The number of hydrogen-bond acceptors (Lipinski definition) is 7. The molecule has 0 unspecified atom stereocenters. The predicted molar refractivity (Wildman–Crippen MR) is 151 cm³/mol. The molecule has 3 aromatic carbocycles. The molecular weight excluding hydrogens is 587 g/mol. The summed E-state index contributed by atoms with van der Waals surface area (Å²) in [6.45, 7) is -0.321. The van der Waals surface area contributed by atoms with Gasteiger partial charge < -0.3 is 14.8 Å². The Morgan fingerprint density at radius 3 is 2.51 bits per heavy atom. The second-order valence-electron chi connectivity index (χ2n) is 8.10. The van der Waals surface area contributed by atoms with Crippen molar-refractivity contribution in [3.8, 4) is 5.75 Å². The molecule has 39 heavy (non-hydrogen) atoms. The van der Waals surface area contributed by atoms with E-state index in [1.165, 1.54) is 31.4 Å². The molecule has 1 N–H and O–H groups in total. The van der Waals surface area contributed by atoms with Crippen LogP contribution in [-0.4, -0.2) is 41.6 Å². The van der Waals surface area contributed by atoms with Crippen molar-refractivity contribution in [3.63, 3.8) is 0 Å². The van der Waals surface area contributed by atoms with Crippen LogP contribution in [0.15, 0.2) is 65.6 Å². The zero-order chi connectivity index (χ0) is 28.1. The molecule has 12 heteroatoms. The number of nitrogens with zero attached hydrogens (tertiary/aromatic N) is 1. The van der Waals surface area contributed by atoms with E-state index in [-0.39, 0.29) is 27.8 Å². The fourth-order valence-electron chi connectivity index (χ4n) is 3.54. The number of carbonyl (C=O) groups is 4. The molecule has 1 heterocycles. The van der Waals surface area contributed by atoms with E-state index >= 15 is 0 Å². The molecule has 0 bridgehead atoms. The van der Waals surface area contributed by atoms with E-state index in [1.807, 2.05) is 6.07 Å². The number of halogens is 3. The number of nitrogens with one attached hydrogen (secondary N) is 1. The van der Waals surface area contributed by atoms with Crippen LogP contribution in [0.5, 0.6) is 5.75 Å². The number of ether oxygens (including phenoxy) is 2. The highest BCUT2D eigenvalue weighted by Crippen LogP contribution is 2.35. The molecule has 1 aliphatic heterocycles. The van der Waals surface area contributed by atoms with E-state index in [0.29, 0.717) is 33.1 Å². The summed E-state index contributed by atoms with van der Waals surface area (Å²) in [5, 5.41) is 3.06. The highest BCUT2D eigenvalue weighted by molar-refractivity contribution is 8.18. The third-order valence-corrected chi connectivity index (χ3v) is 7.08. The Morgan fingerprint density at radius 1 is 1.00 bits per heavy atom. The first-order valence-electron chi connectivity index (χ1n) is 11.2. The van der Waals surface area contributed by atoms with E-state index in [9.17, 15) is 19.2 Å². The molecule has 0 saturated carbocycles. The van der Waals surface area contributed by atoms with Crippen LogP contribution in [0.1, 0.15) is 21.5 Å². The topological polar surface area (TPSA) is 102 Å². The van der Waals surface area contributed by atoms with Crippen LogP contribution >= 0.6 is 46.6 Å². The molecule has 0 radical (unpaired) electrons. The minimum Gasteiger partial charge on any atom is -0.488 e. The van der Waals surface area contributed by atoms with Crippen LogP contribution in [0.25, 0.3) is 6.08 Å². The van der Waals surface area contributed by atoms with Gasteiger partial charge in [-0.25, -0.2) is 4.79 Å². The van der Waals surface area contributed by atoms with Crippen molar-refractivity contribution in [2.24, 2.45) is 0 Å². The molecule has 0 aromatic heterocycles. The summed E-state index contributed by atoms with van der Waals surface area (Å²) in [6.07, 6.45) is 1.49. The zero-order valence-electron chi connectivity index (χ0n) is 20.2. The van der Waals surface area contributed by atoms with E-state index in [1.54, 1.807) is 36.4 Å². The van der Waals surface area contributed by atoms with Crippen LogP contribution in [-0.2, 0) is 20.9 Å². The molecule has 3 aromatic rings. The number of thioether (sulfide) groups is 1. The summed E-state index contributed by atoms with van der Waals surface area (Å²) >= 11 is 18.9. The van der Waals surface area contributed by atoms with E-state index < -0.39 is 29.6 Å². The predicted octanol–water partition coefficient (Wildman–Crippen LogP) is 6.69. The normalized spacial score (nSPS) is 14.1. The summed E-state index contributed by atoms with van der Waals surface area (Å²) in [5.74, 6) is -1.53. The summed E-state index contributed by atoms with van der Waals surface area (Å²) in [5.41, 5.74) is 1.62. The van der Waals surface area contributed by atoms with Crippen LogP contribution in [0.4, 0.5) is 10.5 Å². The van der Waals surface area contributed by atoms with Gasteiger partial charge in [-0.1, -0.05) is 46.9 Å². The zero-order valence-corrected chi connectivity index (χ0v) is 23.3. The summed E-state index contributed by atoms with van der Waals surface area (Å²) in [4.78, 5) is 51.0. The van der Waals surface area contributed by atoms with Crippen molar-refractivity contribution in [2.45, 2.75) is 6.61 Å². The maximum absolute atomic E-state index is 13.0. The van der Waals surface area contributed by atoms with Crippen molar-refractivity contribution in [1.29, 1.82) is 0 Å². The second kappa shape index (κ2) is 12.6. The van der Waals surface area contributed by atoms with Crippen molar-refractivity contribution in [3.05, 3.63) is 97.3 Å². The molecule has 1 saturated heterocycles. The fourth-order valence-corrected chi connectivity index (χ4v) is 4.96. The number of amides is 3. The smallest absolute Gasteiger partial charge is 0.339 e. The van der Waals surface area contributed by atoms with Gasteiger partial charge in [-0.2, -0.15) is 0 Å². The minimum absolute atomic E-state index is 0.0565. The van der Waals surface area contributed by atoms with Gasteiger partial charge in [0.05, 0.1) is 22.6 Å². The average Bonchev–Trinajstić information content (AvgIpc) is 3.16. The first-order chi connectivity index (χ1) is 18.6. The molecule has 3 amide bonds. The molecule has 1 fully saturated rings. The second-order valence-corrected chi connectivity index (χ2v) is 10.4. The first-order valence-corrected chi connectivity index (χ1v) is 13.2. The van der Waals surface area contributed by atoms with Gasteiger partial charge in [0.25, 0.3) is 11.1 Å². The Labute approximate surface area is 242 Å². The Bertz CT molecular complexity index is 1510. The van der Waals surface area contributed by atoms with Crippen molar-refractivity contribution < 1.29 is 28.7 Å². The Kier molecular flexibility index (Phi) is 9.19. The monoisotopic (exact) mass is 604 g/mol. The molecule has 0 aliphatic carbocycles. The van der Waals surface area contributed by atoms with Gasteiger partial charge in [0.15, 0.2) is 0 Å². The average molecular weight is 606 g/mol. The molecule has 200 valence electrons. The SMILES string of the molecule is COC(=O)c1cc(NC(=O)CN2C(=O)S/C(=C/c3cc(Cl)ccc3OCc3cccc(Cl)c3)C2=O)ccc1Cl. The fraction of sp³-hybridized carbons (Fsp3) is 0.111. The van der Waals surface area contributed by atoms with E-state index in [4.69, 9.17) is 39.5 Å². The van der Waals surface area contributed by atoms with Crippen molar-refractivity contribution in [2.75, 3.05) is 19.0 Å². The van der Waals surface area contributed by atoms with Gasteiger partial charge in [0.2, 0.25) is 5.91 Å². The Hall–Kier alpha value is -3.50. The van der Waals surface area contributed by atoms with Gasteiger partial charge in [-0.3, -0.25) is 19.3 Å². The van der Waals surface area contributed by atoms with Crippen molar-refractivity contribution in [1.82, 2.24) is 4.90 Å². The number of benzene rings is 3. The molecule has 0 atom stereocenters. The van der Waals surface area contributed by atoms with Gasteiger partial charge in [-0.05, 0) is 71.9 Å². The van der Waals surface area contributed by atoms with Gasteiger partial charge in [-0.15, -0.1) is 0 Å². The van der Waals surface area contributed by atoms with Gasteiger partial charge >= 0.3 is 5.97 Å². The Morgan fingerprint density at radius 2 is 1.77 bits per heavy atom. The maximum atomic E-state index is 13.0. The van der Waals surface area contributed by atoms with Crippen molar-refractivity contribution >= 4 is 81.4 Å². The standard InChI is InChI=1S/C27H19Cl3N2O6S/c1-37-26(35)20-12-19(6-7-21(20)30)31-24(33)13-32-25(34)23(39-27(32)36)11-16-10-18(29)5-8-22(16)38-14-15-3-2-4-17(28)9-15/h2-12H,13-14H2,1H3,(H,31,33)/b23-11+. The number of carbonyl (C=O) groups excluding carboxylic acids is 4. The summed E-state index contributed by atoms with van der Waals surface area (Å²) in [6, 6.07) is 16.3. The van der Waals surface area contributed by atoms with Crippen LogP contribution in [0.3, 0.4) is 0 Å². The maximum Gasteiger partial charge on any atom is 0.339 e. The van der Waals surface area contributed by atoms with Crippen LogP contribution < -0.4 is 10.1 Å². The number of hydrogen-bond donors (Lipinski definition) is 1. The number of rotatable bonds is 8. The lowest BCUT2D eigenvalue weighted by atomic mass is 10.1. The number of imide groups is 1. The number of esters is 1. The van der Waals surface area contributed by atoms with Gasteiger partial charge in [0.1, 0.15) is 18.9 Å². The molecule has 4 rings (SSSR count). The highest BCUT2D eigenvalue weighted by Gasteiger charge is 2.36. The number of anilines is 1. The van der Waals surface area contributed by atoms with Gasteiger partial charge in [0, 0.05) is 21.3 Å². The first kappa shape index (κ1) is 28.5. The molecule has 0 spiro atoms. The third-order valence-electron chi connectivity index (χ3n) is 5.37. The summed E-state index contributed by atoms with van der Waals surface area (Å²) < 4.78 is 10.6. The molecule has 8 nitrogen and oxygen atoms in total. The lowest BCUT2D eigenvalue weighted by molar-refractivity contribution is -0.127. The summed E-state index contributed by atoms with van der Waals surface area (Å²) in [7, 11) is 1.20. The van der Waals surface area contributed by atoms with Crippen LogP contribution in [0.2, 0.25) is 15.1 Å². The van der Waals surface area contributed by atoms with E-state index in [2.05, 4.69) is 10.1 Å².